The van der Waals surface area contributed by atoms with E-state index < -0.39 is 0 Å². The van der Waals surface area contributed by atoms with E-state index in [4.69, 9.17) is 0 Å². The summed E-state index contributed by atoms with van der Waals surface area (Å²) in [5, 5.41) is 0. The second-order valence-electron chi connectivity index (χ2n) is 5.23. The summed E-state index contributed by atoms with van der Waals surface area (Å²) in [5.41, 5.74) is 3.45. The molecule has 0 unspecified atom stereocenters. The second-order valence-corrected chi connectivity index (χ2v) is 5.23. The van der Waals surface area contributed by atoms with E-state index in [-0.39, 0.29) is 5.97 Å². The van der Waals surface area contributed by atoms with E-state index in [1.54, 1.807) is 0 Å². The molecule has 0 heterocycles. The van der Waals surface area contributed by atoms with E-state index in [1.165, 1.54) is 44.4 Å². The zero-order valence-electron chi connectivity index (χ0n) is 13.4. The van der Waals surface area contributed by atoms with Gasteiger partial charge in [0.2, 0.25) is 0 Å². The molecule has 0 bridgehead atoms. The van der Waals surface area contributed by atoms with Gasteiger partial charge in [0.05, 0.1) is 7.11 Å². The average Bonchev–Trinajstić information content (AvgIpc) is 2.50. The Bertz CT molecular complexity index is 481. The number of rotatable bonds is 8. The molecule has 0 atom stereocenters. The molecule has 2 heteroatoms. The first-order chi connectivity index (χ1) is 10.2. The van der Waals surface area contributed by atoms with Crippen molar-refractivity contribution < 1.29 is 9.53 Å². The quantitative estimate of drug-likeness (QED) is 0.288. The van der Waals surface area contributed by atoms with Gasteiger partial charge in [-0.1, -0.05) is 62.1 Å². The summed E-state index contributed by atoms with van der Waals surface area (Å²) in [5.74, 6) is -0.320. The lowest BCUT2D eigenvalue weighted by molar-refractivity contribution is -0.134. The number of esters is 1. The maximum atomic E-state index is 11.3. The number of ether oxygens (including phenoxy) is 1. The third-order valence-electron chi connectivity index (χ3n) is 3.41. The van der Waals surface area contributed by atoms with Crippen LogP contribution in [0.4, 0.5) is 0 Å². The van der Waals surface area contributed by atoms with Crippen molar-refractivity contribution in [1.82, 2.24) is 0 Å². The molecular formula is C19H26O2. The zero-order chi connectivity index (χ0) is 15.5. The van der Waals surface area contributed by atoms with Crippen molar-refractivity contribution in [3.8, 4) is 0 Å². The summed E-state index contributed by atoms with van der Waals surface area (Å²) in [6.45, 7) is 4.29. The monoisotopic (exact) mass is 286 g/mol. The molecule has 0 aliphatic rings. The topological polar surface area (TPSA) is 26.3 Å². The van der Waals surface area contributed by atoms with E-state index in [2.05, 4.69) is 48.9 Å². The molecule has 1 aromatic carbocycles. The van der Waals surface area contributed by atoms with Crippen LogP contribution in [0.1, 0.15) is 50.2 Å². The molecule has 0 fully saturated rings. The Balaban J connectivity index is 2.78. The zero-order valence-corrected chi connectivity index (χ0v) is 13.4. The van der Waals surface area contributed by atoms with Crippen LogP contribution in [0.5, 0.6) is 0 Å². The minimum absolute atomic E-state index is 0.320. The predicted octanol–water partition coefficient (Wildman–Crippen LogP) is 5.08. The van der Waals surface area contributed by atoms with Crippen LogP contribution in [0.2, 0.25) is 0 Å². The molecule has 21 heavy (non-hydrogen) atoms. The molecular weight excluding hydrogens is 260 g/mol. The van der Waals surface area contributed by atoms with E-state index >= 15 is 0 Å². The highest BCUT2D eigenvalue weighted by Crippen LogP contribution is 2.19. The smallest absolute Gasteiger partial charge is 0.330 e. The Kier molecular flexibility index (Phi) is 8.18. The molecule has 114 valence electrons. The van der Waals surface area contributed by atoms with Crippen molar-refractivity contribution in [2.24, 2.45) is 0 Å². The Morgan fingerprint density at radius 3 is 2.43 bits per heavy atom. The van der Waals surface area contributed by atoms with Crippen LogP contribution >= 0.6 is 0 Å². The fourth-order valence-electron chi connectivity index (χ4n) is 2.08. The van der Waals surface area contributed by atoms with Gasteiger partial charge in [-0.05, 0) is 37.0 Å². The van der Waals surface area contributed by atoms with Gasteiger partial charge in [0.1, 0.15) is 0 Å². The number of carbonyl (C=O) groups excluding carboxylic acids is 1. The minimum atomic E-state index is -0.320. The summed E-state index contributed by atoms with van der Waals surface area (Å²) in [6.07, 6.45) is 11.6. The molecule has 0 N–H and O–H groups in total. The Morgan fingerprint density at radius 1 is 1.10 bits per heavy atom. The standard InChI is InChI=1S/C19H26O2/c1-4-5-6-7-8-9-17(14-15-19(20)21-3)18-12-10-16(2)11-13-18/h9-15H,4-8H2,1-3H3/b15-14+,17-9-. The molecule has 1 aromatic rings. The van der Waals surface area contributed by atoms with E-state index in [0.29, 0.717) is 0 Å². The van der Waals surface area contributed by atoms with Crippen LogP contribution in [-0.2, 0) is 9.53 Å². The van der Waals surface area contributed by atoms with Crippen LogP contribution in [-0.4, -0.2) is 13.1 Å². The van der Waals surface area contributed by atoms with Crippen molar-refractivity contribution in [3.05, 3.63) is 53.6 Å². The number of aryl methyl sites for hydroxylation is 1. The third kappa shape index (κ3) is 6.94. The molecule has 0 aliphatic carbocycles. The minimum Gasteiger partial charge on any atom is -0.466 e. The second kappa shape index (κ2) is 9.98. The molecule has 0 amide bonds. The molecule has 0 saturated heterocycles. The van der Waals surface area contributed by atoms with Crippen LogP contribution in [0.15, 0.2) is 42.5 Å². The first-order valence-corrected chi connectivity index (χ1v) is 7.70. The number of allylic oxidation sites excluding steroid dienone is 3. The van der Waals surface area contributed by atoms with Gasteiger partial charge in [-0.3, -0.25) is 0 Å². The van der Waals surface area contributed by atoms with Crippen LogP contribution in [0, 0.1) is 6.92 Å². The van der Waals surface area contributed by atoms with Crippen molar-refractivity contribution in [3.63, 3.8) is 0 Å². The van der Waals surface area contributed by atoms with Crippen molar-refractivity contribution in [2.45, 2.75) is 46.0 Å². The fraction of sp³-hybridized carbons (Fsp3) is 0.421. The molecule has 2 nitrogen and oxygen atoms in total. The highest BCUT2D eigenvalue weighted by molar-refractivity contribution is 5.87. The highest BCUT2D eigenvalue weighted by atomic mass is 16.5. The van der Waals surface area contributed by atoms with Gasteiger partial charge < -0.3 is 4.74 Å². The van der Waals surface area contributed by atoms with E-state index in [1.807, 2.05) is 6.08 Å². The lowest BCUT2D eigenvalue weighted by Crippen LogP contribution is -1.94. The Hall–Kier alpha value is -1.83. The summed E-state index contributed by atoms with van der Waals surface area (Å²) in [4.78, 5) is 11.3. The summed E-state index contributed by atoms with van der Waals surface area (Å²) in [7, 11) is 1.40. The Morgan fingerprint density at radius 2 is 1.81 bits per heavy atom. The molecule has 0 aromatic heterocycles. The number of unbranched alkanes of at least 4 members (excludes halogenated alkanes) is 4. The summed E-state index contributed by atoms with van der Waals surface area (Å²) >= 11 is 0. The maximum absolute atomic E-state index is 11.3. The Labute approximate surface area is 128 Å². The third-order valence-corrected chi connectivity index (χ3v) is 3.41. The molecule has 0 aliphatic heterocycles. The van der Waals surface area contributed by atoms with Gasteiger partial charge in [0.25, 0.3) is 0 Å². The fourth-order valence-corrected chi connectivity index (χ4v) is 2.08. The van der Waals surface area contributed by atoms with Gasteiger partial charge in [-0.2, -0.15) is 0 Å². The predicted molar refractivity (Wildman–Crippen MR) is 89.1 cm³/mol. The van der Waals surface area contributed by atoms with Gasteiger partial charge >= 0.3 is 5.97 Å². The first-order valence-electron chi connectivity index (χ1n) is 7.70. The van der Waals surface area contributed by atoms with Crippen LogP contribution in [0.3, 0.4) is 0 Å². The maximum Gasteiger partial charge on any atom is 0.330 e. The number of carbonyl (C=O) groups is 1. The summed E-state index contributed by atoms with van der Waals surface area (Å²) in [6, 6.07) is 8.36. The van der Waals surface area contributed by atoms with Gasteiger partial charge in [-0.15, -0.1) is 0 Å². The number of hydrogen-bond acceptors (Lipinski definition) is 2. The van der Waals surface area contributed by atoms with Crippen LogP contribution in [0.25, 0.3) is 5.57 Å². The van der Waals surface area contributed by atoms with Crippen molar-refractivity contribution in [2.75, 3.05) is 7.11 Å². The lowest BCUT2D eigenvalue weighted by atomic mass is 10.0. The van der Waals surface area contributed by atoms with Crippen molar-refractivity contribution in [1.29, 1.82) is 0 Å². The molecule has 0 spiro atoms. The van der Waals surface area contributed by atoms with E-state index in [9.17, 15) is 4.79 Å². The lowest BCUT2D eigenvalue weighted by Gasteiger charge is -2.04. The summed E-state index contributed by atoms with van der Waals surface area (Å²) < 4.78 is 4.66. The van der Waals surface area contributed by atoms with Gasteiger partial charge in [-0.25, -0.2) is 4.79 Å². The highest BCUT2D eigenvalue weighted by Gasteiger charge is 2.00. The van der Waals surface area contributed by atoms with Gasteiger partial charge in [0, 0.05) is 6.08 Å². The largest absolute Gasteiger partial charge is 0.466 e. The van der Waals surface area contributed by atoms with Gasteiger partial charge in [0.15, 0.2) is 0 Å². The molecule has 0 radical (unpaired) electrons. The van der Waals surface area contributed by atoms with Crippen LogP contribution < -0.4 is 0 Å². The number of methoxy groups -OCH3 is 1. The van der Waals surface area contributed by atoms with E-state index in [0.717, 1.165) is 17.6 Å². The SMILES string of the molecule is CCCCCC/C=C(/C=C/C(=O)OC)c1ccc(C)cc1. The normalized spacial score (nSPS) is 11.9. The van der Waals surface area contributed by atoms with Crippen molar-refractivity contribution >= 4 is 11.5 Å². The first kappa shape index (κ1) is 17.2. The number of benzene rings is 1. The number of hydrogen-bond donors (Lipinski definition) is 0. The molecule has 0 saturated carbocycles. The average molecular weight is 286 g/mol. The molecule has 1 rings (SSSR count).